The first-order valence-electron chi connectivity index (χ1n) is 4.61. The molecule has 0 saturated heterocycles. The van der Waals surface area contributed by atoms with Gasteiger partial charge in [0.15, 0.2) is 5.75 Å². The van der Waals surface area contributed by atoms with Gasteiger partial charge in [-0.1, -0.05) is 0 Å². The summed E-state index contributed by atoms with van der Waals surface area (Å²) in [6, 6.07) is -0.788. The van der Waals surface area contributed by atoms with Crippen LogP contribution in [0.2, 0.25) is 0 Å². The molecule has 1 rings (SSSR count). The van der Waals surface area contributed by atoms with Crippen molar-refractivity contribution in [3.05, 3.63) is 11.4 Å². The Hall–Kier alpha value is -1.56. The van der Waals surface area contributed by atoms with Crippen LogP contribution in [0.1, 0.15) is 11.4 Å². The second-order valence-electron chi connectivity index (χ2n) is 3.44. The van der Waals surface area contributed by atoms with Crippen LogP contribution in [-0.4, -0.2) is 28.3 Å². The first kappa shape index (κ1) is 11.5. The Balaban J connectivity index is 2.69. The van der Waals surface area contributed by atoms with Crippen LogP contribution >= 0.6 is 0 Å². The number of carbonyl (C=O) groups is 1. The molecule has 0 aromatic carbocycles. The molecule has 0 spiro atoms. The number of rotatable bonds is 4. The Morgan fingerprint density at radius 2 is 2.20 bits per heavy atom. The monoisotopic (exact) mass is 212 g/mol. The van der Waals surface area contributed by atoms with Gasteiger partial charge >= 0.3 is 0 Å². The minimum absolute atomic E-state index is 0.0721. The van der Waals surface area contributed by atoms with Crippen LogP contribution in [-0.2, 0) is 11.8 Å². The molecule has 1 amide bonds. The topological polar surface area (TPSA) is 96.2 Å². The number of carbonyl (C=O) groups excluding carboxylic acids is 1. The molecule has 1 aromatic rings. The quantitative estimate of drug-likeness (QED) is 0.684. The maximum absolute atomic E-state index is 10.7. The molecule has 0 saturated carbocycles. The highest BCUT2D eigenvalue weighted by Crippen LogP contribution is 2.21. The first-order chi connectivity index (χ1) is 6.93. The number of hydrogen-bond acceptors (Lipinski definition) is 4. The summed E-state index contributed by atoms with van der Waals surface area (Å²) in [5.41, 5.74) is 12.1. The van der Waals surface area contributed by atoms with Gasteiger partial charge in [-0.05, 0) is 13.8 Å². The molecular weight excluding hydrogens is 196 g/mol. The van der Waals surface area contributed by atoms with E-state index in [2.05, 4.69) is 5.10 Å². The zero-order chi connectivity index (χ0) is 11.6. The molecule has 6 nitrogen and oxygen atoms in total. The van der Waals surface area contributed by atoms with E-state index < -0.39 is 11.9 Å². The molecule has 0 aliphatic rings. The molecule has 1 heterocycles. The lowest BCUT2D eigenvalue weighted by molar-refractivity contribution is -0.119. The highest BCUT2D eigenvalue weighted by molar-refractivity contribution is 5.79. The van der Waals surface area contributed by atoms with Gasteiger partial charge in [0.2, 0.25) is 5.91 Å². The molecule has 1 unspecified atom stereocenters. The van der Waals surface area contributed by atoms with Crippen LogP contribution in [0.3, 0.4) is 0 Å². The predicted molar refractivity (Wildman–Crippen MR) is 55.3 cm³/mol. The van der Waals surface area contributed by atoms with E-state index in [1.807, 2.05) is 20.9 Å². The summed E-state index contributed by atoms with van der Waals surface area (Å²) in [5, 5.41) is 4.17. The van der Waals surface area contributed by atoms with E-state index in [0.29, 0.717) is 5.75 Å². The molecule has 6 heteroatoms. The third kappa shape index (κ3) is 2.47. The lowest BCUT2D eigenvalue weighted by atomic mass is 10.3. The summed E-state index contributed by atoms with van der Waals surface area (Å²) < 4.78 is 7.11. The van der Waals surface area contributed by atoms with Crippen LogP contribution in [0.5, 0.6) is 5.75 Å². The van der Waals surface area contributed by atoms with Gasteiger partial charge in [0, 0.05) is 7.05 Å². The van der Waals surface area contributed by atoms with Gasteiger partial charge in [-0.25, -0.2) is 0 Å². The standard InChI is InChI=1S/C9H16N4O2/c1-5-8(6(2)13(3)12-5)15-4-7(10)9(11)14/h7H,4,10H2,1-3H3,(H2,11,14). The molecule has 0 aliphatic carbocycles. The van der Waals surface area contributed by atoms with Crippen molar-refractivity contribution < 1.29 is 9.53 Å². The number of nitrogens with zero attached hydrogens (tertiary/aromatic N) is 2. The van der Waals surface area contributed by atoms with E-state index in [1.54, 1.807) is 4.68 Å². The highest BCUT2D eigenvalue weighted by Gasteiger charge is 2.14. The Labute approximate surface area is 88.2 Å². The molecule has 15 heavy (non-hydrogen) atoms. The van der Waals surface area contributed by atoms with E-state index in [0.717, 1.165) is 11.4 Å². The summed E-state index contributed by atoms with van der Waals surface area (Å²) in [6.45, 7) is 3.78. The third-order valence-electron chi connectivity index (χ3n) is 2.22. The number of aryl methyl sites for hydroxylation is 2. The largest absolute Gasteiger partial charge is 0.488 e. The van der Waals surface area contributed by atoms with Gasteiger partial charge in [-0.3, -0.25) is 9.48 Å². The van der Waals surface area contributed by atoms with Crippen LogP contribution in [0.25, 0.3) is 0 Å². The molecule has 0 aliphatic heterocycles. The van der Waals surface area contributed by atoms with Crippen molar-refractivity contribution in [3.8, 4) is 5.75 Å². The van der Waals surface area contributed by atoms with E-state index >= 15 is 0 Å². The van der Waals surface area contributed by atoms with Crippen LogP contribution < -0.4 is 16.2 Å². The molecule has 0 radical (unpaired) electrons. The summed E-state index contributed by atoms with van der Waals surface area (Å²) >= 11 is 0. The minimum Gasteiger partial charge on any atom is -0.488 e. The van der Waals surface area contributed by atoms with Crippen molar-refractivity contribution in [2.45, 2.75) is 19.9 Å². The molecule has 1 aromatic heterocycles. The number of nitrogens with two attached hydrogens (primary N) is 2. The SMILES string of the molecule is Cc1nn(C)c(C)c1OCC(N)C(N)=O. The summed E-state index contributed by atoms with van der Waals surface area (Å²) in [5.74, 6) is 0.0865. The first-order valence-corrected chi connectivity index (χ1v) is 4.61. The van der Waals surface area contributed by atoms with E-state index in [1.165, 1.54) is 0 Å². The van der Waals surface area contributed by atoms with Gasteiger partial charge in [0.25, 0.3) is 0 Å². The fourth-order valence-electron chi connectivity index (χ4n) is 1.22. The van der Waals surface area contributed by atoms with Crippen molar-refractivity contribution >= 4 is 5.91 Å². The Kier molecular flexibility index (Phi) is 3.31. The minimum atomic E-state index is -0.788. The Bertz CT molecular complexity index is 372. The average molecular weight is 212 g/mol. The Morgan fingerprint density at radius 3 is 2.60 bits per heavy atom. The molecule has 1 atom stereocenters. The third-order valence-corrected chi connectivity index (χ3v) is 2.22. The van der Waals surface area contributed by atoms with E-state index in [-0.39, 0.29) is 6.61 Å². The second kappa shape index (κ2) is 4.31. The predicted octanol–water partition coefficient (Wildman–Crippen LogP) is -0.772. The van der Waals surface area contributed by atoms with Crippen LogP contribution in [0, 0.1) is 13.8 Å². The van der Waals surface area contributed by atoms with Gasteiger partial charge in [0.1, 0.15) is 18.3 Å². The maximum atomic E-state index is 10.7. The van der Waals surface area contributed by atoms with Crippen LogP contribution in [0.15, 0.2) is 0 Å². The van der Waals surface area contributed by atoms with Crippen molar-refractivity contribution in [2.75, 3.05) is 6.61 Å². The molecule has 84 valence electrons. The fraction of sp³-hybridized carbons (Fsp3) is 0.556. The highest BCUT2D eigenvalue weighted by atomic mass is 16.5. The van der Waals surface area contributed by atoms with Gasteiger partial charge in [-0.15, -0.1) is 0 Å². The smallest absolute Gasteiger partial charge is 0.237 e. The van der Waals surface area contributed by atoms with Crippen molar-refractivity contribution in [1.29, 1.82) is 0 Å². The number of ether oxygens (including phenoxy) is 1. The van der Waals surface area contributed by atoms with Gasteiger partial charge in [-0.2, -0.15) is 5.10 Å². The molecule has 4 N–H and O–H groups in total. The summed E-state index contributed by atoms with van der Waals surface area (Å²) in [4.78, 5) is 10.7. The van der Waals surface area contributed by atoms with Gasteiger partial charge < -0.3 is 16.2 Å². The molecule has 0 bridgehead atoms. The molecule has 0 fully saturated rings. The average Bonchev–Trinajstić information content (AvgIpc) is 2.38. The van der Waals surface area contributed by atoms with Crippen LogP contribution in [0.4, 0.5) is 0 Å². The summed E-state index contributed by atoms with van der Waals surface area (Å²) in [6.07, 6.45) is 0. The van der Waals surface area contributed by atoms with Crippen molar-refractivity contribution in [3.63, 3.8) is 0 Å². The summed E-state index contributed by atoms with van der Waals surface area (Å²) in [7, 11) is 1.82. The zero-order valence-corrected chi connectivity index (χ0v) is 9.15. The maximum Gasteiger partial charge on any atom is 0.237 e. The number of primary amides is 1. The Morgan fingerprint density at radius 1 is 1.60 bits per heavy atom. The lowest BCUT2D eigenvalue weighted by Crippen LogP contribution is -2.41. The van der Waals surface area contributed by atoms with Gasteiger partial charge in [0.05, 0.1) is 5.69 Å². The van der Waals surface area contributed by atoms with Crippen molar-refractivity contribution in [1.82, 2.24) is 9.78 Å². The van der Waals surface area contributed by atoms with E-state index in [9.17, 15) is 4.79 Å². The van der Waals surface area contributed by atoms with E-state index in [4.69, 9.17) is 16.2 Å². The number of amides is 1. The fourth-order valence-corrected chi connectivity index (χ4v) is 1.22. The normalized spacial score (nSPS) is 12.5. The number of hydrogen-bond donors (Lipinski definition) is 2. The molecular formula is C9H16N4O2. The zero-order valence-electron chi connectivity index (χ0n) is 9.15. The number of aromatic nitrogens is 2. The van der Waals surface area contributed by atoms with Crippen molar-refractivity contribution in [2.24, 2.45) is 18.5 Å². The lowest BCUT2D eigenvalue weighted by Gasteiger charge is -2.09. The second-order valence-corrected chi connectivity index (χ2v) is 3.44.